The molecule has 3 heterocycles. The van der Waals surface area contributed by atoms with E-state index in [1.165, 1.54) is 0 Å². The summed E-state index contributed by atoms with van der Waals surface area (Å²) in [5.41, 5.74) is 3.35. The van der Waals surface area contributed by atoms with E-state index in [0.717, 1.165) is 16.4 Å². The fourth-order valence-electron chi connectivity index (χ4n) is 2.32. The Kier molecular flexibility index (Phi) is 3.89. The van der Waals surface area contributed by atoms with E-state index in [2.05, 4.69) is 20.4 Å². The summed E-state index contributed by atoms with van der Waals surface area (Å²) in [7, 11) is 0. The lowest BCUT2D eigenvalue weighted by Gasteiger charge is -2.06. The van der Waals surface area contributed by atoms with Gasteiger partial charge in [-0.3, -0.25) is 4.79 Å². The van der Waals surface area contributed by atoms with Crippen molar-refractivity contribution in [3.8, 4) is 0 Å². The first-order valence-corrected chi connectivity index (χ1v) is 7.85. The first-order valence-electron chi connectivity index (χ1n) is 6.97. The van der Waals surface area contributed by atoms with Crippen LogP contribution in [0.1, 0.15) is 32.4 Å². The quantitative estimate of drug-likeness (QED) is 0.800. The van der Waals surface area contributed by atoms with Crippen molar-refractivity contribution >= 4 is 28.3 Å². The third kappa shape index (κ3) is 2.85. The molecule has 0 radical (unpaired) electrons. The predicted octanol–water partition coefficient (Wildman–Crippen LogP) is 2.58. The fraction of sp³-hybridized carbons (Fsp3) is 0.333. The van der Waals surface area contributed by atoms with Crippen molar-refractivity contribution in [1.82, 2.24) is 20.4 Å². The number of amides is 1. The molecule has 0 aromatic carbocycles. The lowest BCUT2D eigenvalue weighted by molar-refractivity contribution is 0.0955. The summed E-state index contributed by atoms with van der Waals surface area (Å²) in [6, 6.07) is 1.76. The highest BCUT2D eigenvalue weighted by Gasteiger charge is 2.17. The van der Waals surface area contributed by atoms with Crippen LogP contribution in [0, 0.1) is 20.8 Å². The number of nitrogens with zero attached hydrogens (tertiary/aromatic N) is 3. The Balaban J connectivity index is 1.76. The number of hydrogen-bond acceptors (Lipinski definition) is 6. The number of aryl methyl sites for hydroxylation is 3. The number of nitrogens with one attached hydrogen (secondary N) is 1. The summed E-state index contributed by atoms with van der Waals surface area (Å²) in [6.07, 6.45) is 0.714. The highest BCUT2D eigenvalue weighted by molar-refractivity contribution is 7.09. The van der Waals surface area contributed by atoms with Gasteiger partial charge in [-0.15, -0.1) is 11.3 Å². The Morgan fingerprint density at radius 1 is 1.32 bits per heavy atom. The van der Waals surface area contributed by atoms with Crippen molar-refractivity contribution < 1.29 is 9.32 Å². The lowest BCUT2D eigenvalue weighted by Crippen LogP contribution is -2.26. The average Bonchev–Trinajstić information content (AvgIpc) is 3.04. The van der Waals surface area contributed by atoms with Crippen molar-refractivity contribution in [1.29, 1.82) is 0 Å². The largest absolute Gasteiger partial charge is 0.352 e. The molecule has 0 saturated carbocycles. The summed E-state index contributed by atoms with van der Waals surface area (Å²) in [5.74, 6) is -0.145. The normalized spacial score (nSPS) is 11.0. The summed E-state index contributed by atoms with van der Waals surface area (Å²) < 4.78 is 5.15. The van der Waals surface area contributed by atoms with Gasteiger partial charge in [-0.2, -0.15) is 0 Å². The summed E-state index contributed by atoms with van der Waals surface area (Å²) in [6.45, 7) is 6.14. The molecule has 0 fully saturated rings. The molecule has 0 aliphatic carbocycles. The number of fused-ring (bicyclic) bond motifs is 1. The number of carbonyl (C=O) groups excluding carboxylic acids is 1. The van der Waals surface area contributed by atoms with Gasteiger partial charge in [0.15, 0.2) is 0 Å². The van der Waals surface area contributed by atoms with E-state index in [1.54, 1.807) is 24.3 Å². The second-order valence-corrected chi connectivity index (χ2v) is 6.19. The van der Waals surface area contributed by atoms with Crippen LogP contribution in [0.3, 0.4) is 0 Å². The van der Waals surface area contributed by atoms with Crippen LogP contribution in [0.5, 0.6) is 0 Å². The zero-order valence-electron chi connectivity index (χ0n) is 12.6. The zero-order valence-corrected chi connectivity index (χ0v) is 13.5. The number of hydrogen-bond donors (Lipinski definition) is 1. The third-order valence-corrected chi connectivity index (χ3v) is 4.15. The van der Waals surface area contributed by atoms with Crippen molar-refractivity contribution in [2.75, 3.05) is 6.54 Å². The number of thiazole rings is 1. The van der Waals surface area contributed by atoms with Gasteiger partial charge >= 0.3 is 0 Å². The molecule has 0 spiro atoms. The molecule has 7 heteroatoms. The van der Waals surface area contributed by atoms with E-state index in [-0.39, 0.29) is 5.91 Å². The van der Waals surface area contributed by atoms with Crippen molar-refractivity contribution in [3.63, 3.8) is 0 Å². The molecule has 3 aromatic heterocycles. The smallest absolute Gasteiger partial charge is 0.258 e. The summed E-state index contributed by atoms with van der Waals surface area (Å²) in [4.78, 5) is 21.1. The van der Waals surface area contributed by atoms with Gasteiger partial charge in [-0.25, -0.2) is 9.97 Å². The number of aromatic nitrogens is 3. The van der Waals surface area contributed by atoms with Gasteiger partial charge in [0.1, 0.15) is 0 Å². The maximum atomic E-state index is 12.4. The summed E-state index contributed by atoms with van der Waals surface area (Å²) >= 11 is 1.61. The molecule has 22 heavy (non-hydrogen) atoms. The van der Waals surface area contributed by atoms with Gasteiger partial charge in [0, 0.05) is 24.0 Å². The van der Waals surface area contributed by atoms with Crippen molar-refractivity contribution in [2.24, 2.45) is 0 Å². The number of rotatable bonds is 4. The van der Waals surface area contributed by atoms with E-state index in [1.807, 2.05) is 19.2 Å². The predicted molar refractivity (Wildman–Crippen MR) is 84.2 cm³/mol. The SMILES string of the molecule is Cc1cc(C(=O)NCCc2csc(C)n2)c2c(C)noc2n1. The van der Waals surface area contributed by atoms with E-state index in [0.29, 0.717) is 35.3 Å². The van der Waals surface area contributed by atoms with Crippen LogP contribution in [0.25, 0.3) is 11.1 Å². The molecular formula is C15H16N4O2S. The standard InChI is InChI=1S/C15H16N4O2S/c1-8-6-12(13-9(2)19-21-15(13)17-8)14(20)16-5-4-11-7-22-10(3)18-11/h6-7H,4-5H2,1-3H3,(H,16,20). The van der Waals surface area contributed by atoms with Gasteiger partial charge < -0.3 is 9.84 Å². The van der Waals surface area contributed by atoms with Gasteiger partial charge in [0.25, 0.3) is 11.6 Å². The van der Waals surface area contributed by atoms with Gasteiger partial charge in [0.05, 0.1) is 27.3 Å². The minimum atomic E-state index is -0.145. The Morgan fingerprint density at radius 2 is 2.14 bits per heavy atom. The lowest BCUT2D eigenvalue weighted by atomic mass is 10.1. The van der Waals surface area contributed by atoms with E-state index in [4.69, 9.17) is 4.52 Å². The minimum Gasteiger partial charge on any atom is -0.352 e. The maximum Gasteiger partial charge on any atom is 0.258 e. The molecule has 6 nitrogen and oxygen atoms in total. The first kappa shape index (κ1) is 14.6. The molecule has 0 atom stereocenters. The van der Waals surface area contributed by atoms with E-state index in [9.17, 15) is 4.79 Å². The van der Waals surface area contributed by atoms with E-state index >= 15 is 0 Å². The molecule has 1 amide bonds. The van der Waals surface area contributed by atoms with E-state index < -0.39 is 0 Å². The molecule has 0 aliphatic rings. The van der Waals surface area contributed by atoms with Crippen molar-refractivity contribution in [3.05, 3.63) is 39.1 Å². The Morgan fingerprint density at radius 3 is 2.86 bits per heavy atom. The van der Waals surface area contributed by atoms with Crippen LogP contribution < -0.4 is 5.32 Å². The topological polar surface area (TPSA) is 80.9 Å². The van der Waals surface area contributed by atoms with Crippen LogP contribution in [-0.4, -0.2) is 27.6 Å². The van der Waals surface area contributed by atoms with Crippen LogP contribution in [-0.2, 0) is 6.42 Å². The molecule has 0 aliphatic heterocycles. The second-order valence-electron chi connectivity index (χ2n) is 5.12. The molecule has 114 valence electrons. The highest BCUT2D eigenvalue weighted by Crippen LogP contribution is 2.21. The molecule has 1 N–H and O–H groups in total. The third-order valence-electron chi connectivity index (χ3n) is 3.32. The maximum absolute atomic E-state index is 12.4. The van der Waals surface area contributed by atoms with Crippen LogP contribution in [0.4, 0.5) is 0 Å². The van der Waals surface area contributed by atoms with Gasteiger partial charge in [-0.1, -0.05) is 5.16 Å². The van der Waals surface area contributed by atoms with Crippen LogP contribution in [0.2, 0.25) is 0 Å². The second kappa shape index (κ2) is 5.84. The average molecular weight is 316 g/mol. The molecule has 0 bridgehead atoms. The molecule has 0 unspecified atom stereocenters. The molecule has 0 saturated heterocycles. The first-order chi connectivity index (χ1) is 10.5. The number of carbonyl (C=O) groups is 1. The molecular weight excluding hydrogens is 300 g/mol. The zero-order chi connectivity index (χ0) is 15.7. The van der Waals surface area contributed by atoms with Crippen LogP contribution in [0.15, 0.2) is 16.0 Å². The van der Waals surface area contributed by atoms with Crippen molar-refractivity contribution in [2.45, 2.75) is 27.2 Å². The minimum absolute atomic E-state index is 0.145. The summed E-state index contributed by atoms with van der Waals surface area (Å²) in [5, 5.41) is 10.5. The van der Waals surface area contributed by atoms with Gasteiger partial charge in [0.2, 0.25) is 0 Å². The Bertz CT molecular complexity index is 837. The monoisotopic (exact) mass is 316 g/mol. The number of pyridine rings is 1. The molecule has 3 aromatic rings. The van der Waals surface area contributed by atoms with Crippen LogP contribution >= 0.6 is 11.3 Å². The molecule has 3 rings (SSSR count). The Labute approximate surface area is 131 Å². The van der Waals surface area contributed by atoms with Gasteiger partial charge in [-0.05, 0) is 26.8 Å². The fourth-order valence-corrected chi connectivity index (χ4v) is 2.97. The highest BCUT2D eigenvalue weighted by atomic mass is 32.1. The Hall–Kier alpha value is -2.28.